The third kappa shape index (κ3) is 3.07. The van der Waals surface area contributed by atoms with Crippen LogP contribution in [0.3, 0.4) is 0 Å². The third-order valence-corrected chi connectivity index (χ3v) is 4.91. The molecule has 2 amide bonds. The lowest BCUT2D eigenvalue weighted by molar-refractivity contribution is 0.151. The number of carbonyl (C=O) groups excluding carboxylic acids is 1. The van der Waals surface area contributed by atoms with Crippen molar-refractivity contribution in [2.24, 2.45) is 5.10 Å². The van der Waals surface area contributed by atoms with Gasteiger partial charge >= 0.3 is 6.03 Å². The van der Waals surface area contributed by atoms with Crippen molar-refractivity contribution in [1.29, 1.82) is 0 Å². The highest BCUT2D eigenvalue weighted by Gasteiger charge is 2.36. The fourth-order valence-corrected chi connectivity index (χ4v) is 3.56. The molecule has 2 aliphatic rings. The number of rotatable bonds is 2. The van der Waals surface area contributed by atoms with E-state index >= 15 is 0 Å². The predicted molar refractivity (Wildman–Crippen MR) is 94.7 cm³/mol. The SMILES string of the molecule is O=C(N1CCCC1)N1N=C(c2cc(F)ccc2F)CC1c1ccccc1. The van der Waals surface area contributed by atoms with Crippen LogP contribution in [-0.4, -0.2) is 34.7 Å². The number of hydrogen-bond donors (Lipinski definition) is 0. The molecule has 0 N–H and O–H groups in total. The largest absolute Gasteiger partial charge is 0.341 e. The molecule has 0 bridgehead atoms. The Morgan fingerprint density at radius 3 is 2.50 bits per heavy atom. The second-order valence-electron chi connectivity index (χ2n) is 6.62. The number of hydrogen-bond acceptors (Lipinski definition) is 2. The molecule has 4 nitrogen and oxygen atoms in total. The quantitative estimate of drug-likeness (QED) is 0.790. The van der Waals surface area contributed by atoms with E-state index < -0.39 is 11.6 Å². The van der Waals surface area contributed by atoms with Crippen LogP contribution in [0.25, 0.3) is 0 Å². The van der Waals surface area contributed by atoms with Crippen molar-refractivity contribution >= 4 is 11.7 Å². The van der Waals surface area contributed by atoms with E-state index in [1.165, 1.54) is 5.01 Å². The molecule has 0 aliphatic carbocycles. The number of carbonyl (C=O) groups is 1. The van der Waals surface area contributed by atoms with Crippen LogP contribution in [0.15, 0.2) is 53.6 Å². The third-order valence-electron chi connectivity index (χ3n) is 4.91. The Morgan fingerprint density at radius 2 is 1.77 bits per heavy atom. The van der Waals surface area contributed by atoms with Crippen molar-refractivity contribution < 1.29 is 13.6 Å². The van der Waals surface area contributed by atoms with Crippen LogP contribution in [0.5, 0.6) is 0 Å². The average molecular weight is 355 g/mol. The van der Waals surface area contributed by atoms with Crippen molar-refractivity contribution in [2.75, 3.05) is 13.1 Å². The standard InChI is InChI=1S/C20H19F2N3O/c21-15-8-9-17(22)16(12-15)18-13-19(14-6-2-1-3-7-14)25(23-18)20(26)24-10-4-5-11-24/h1-3,6-9,12,19H,4-5,10-11,13H2. The minimum atomic E-state index is -0.535. The summed E-state index contributed by atoms with van der Waals surface area (Å²) in [5, 5.41) is 5.85. The molecule has 1 fully saturated rings. The van der Waals surface area contributed by atoms with Crippen molar-refractivity contribution in [3.63, 3.8) is 0 Å². The van der Waals surface area contributed by atoms with Crippen LogP contribution in [0.4, 0.5) is 13.6 Å². The topological polar surface area (TPSA) is 35.9 Å². The predicted octanol–water partition coefficient (Wildman–Crippen LogP) is 4.33. The summed E-state index contributed by atoms with van der Waals surface area (Å²) in [6.45, 7) is 1.41. The molecule has 0 aromatic heterocycles. The number of likely N-dealkylation sites (tertiary alicyclic amines) is 1. The Labute approximate surface area is 150 Å². The van der Waals surface area contributed by atoms with E-state index in [4.69, 9.17) is 0 Å². The Kier molecular flexibility index (Phi) is 4.41. The van der Waals surface area contributed by atoms with Gasteiger partial charge in [0.2, 0.25) is 0 Å². The summed E-state index contributed by atoms with van der Waals surface area (Å²) in [6, 6.07) is 12.4. The molecule has 1 unspecified atom stereocenters. The molecule has 2 aliphatic heterocycles. The molecule has 0 saturated carbocycles. The van der Waals surface area contributed by atoms with Crippen LogP contribution >= 0.6 is 0 Å². The fraction of sp³-hybridized carbons (Fsp3) is 0.300. The second-order valence-corrected chi connectivity index (χ2v) is 6.62. The van der Waals surface area contributed by atoms with E-state index in [1.54, 1.807) is 4.90 Å². The van der Waals surface area contributed by atoms with Crippen LogP contribution in [0, 0.1) is 11.6 Å². The Morgan fingerprint density at radius 1 is 1.04 bits per heavy atom. The maximum atomic E-state index is 14.2. The van der Waals surface area contributed by atoms with Crippen molar-refractivity contribution in [3.05, 3.63) is 71.3 Å². The van der Waals surface area contributed by atoms with Crippen molar-refractivity contribution in [1.82, 2.24) is 9.91 Å². The van der Waals surface area contributed by atoms with E-state index in [1.807, 2.05) is 30.3 Å². The van der Waals surface area contributed by atoms with Crippen molar-refractivity contribution in [3.8, 4) is 0 Å². The van der Waals surface area contributed by atoms with Gasteiger partial charge in [-0.3, -0.25) is 0 Å². The molecule has 134 valence electrons. The molecule has 2 aromatic rings. The second kappa shape index (κ2) is 6.86. The van der Waals surface area contributed by atoms with Gasteiger partial charge in [-0.25, -0.2) is 18.6 Å². The number of hydrazone groups is 1. The molecule has 26 heavy (non-hydrogen) atoms. The molecule has 6 heteroatoms. The normalized spacial score (nSPS) is 19.8. The van der Waals surface area contributed by atoms with E-state index in [0.717, 1.165) is 36.6 Å². The van der Waals surface area contributed by atoms with Crippen LogP contribution in [0.2, 0.25) is 0 Å². The van der Waals surface area contributed by atoms with E-state index in [2.05, 4.69) is 5.10 Å². The monoisotopic (exact) mass is 355 g/mol. The Hall–Kier alpha value is -2.76. The smallest absolute Gasteiger partial charge is 0.323 e. The highest BCUT2D eigenvalue weighted by Crippen LogP contribution is 2.34. The molecule has 2 aromatic carbocycles. The van der Waals surface area contributed by atoms with Gasteiger partial charge in [0.15, 0.2) is 0 Å². The zero-order valence-electron chi connectivity index (χ0n) is 14.2. The molecular weight excluding hydrogens is 336 g/mol. The van der Waals surface area contributed by atoms with Gasteiger partial charge < -0.3 is 4.90 Å². The van der Waals surface area contributed by atoms with Crippen molar-refractivity contribution in [2.45, 2.75) is 25.3 Å². The summed E-state index contributed by atoms with van der Waals surface area (Å²) in [7, 11) is 0. The molecule has 1 saturated heterocycles. The molecule has 4 rings (SSSR count). The van der Waals surface area contributed by atoms with Gasteiger partial charge in [-0.1, -0.05) is 30.3 Å². The molecule has 2 heterocycles. The molecule has 1 atom stereocenters. The van der Waals surface area contributed by atoms with Crippen LogP contribution < -0.4 is 0 Å². The first-order chi connectivity index (χ1) is 12.6. The zero-order chi connectivity index (χ0) is 18.1. The molecule has 0 spiro atoms. The first-order valence-electron chi connectivity index (χ1n) is 8.79. The van der Waals surface area contributed by atoms with Gasteiger partial charge in [0.25, 0.3) is 0 Å². The lowest BCUT2D eigenvalue weighted by Crippen LogP contribution is -2.39. The number of nitrogens with zero attached hydrogens (tertiary/aromatic N) is 3. The van der Waals surface area contributed by atoms with Gasteiger partial charge in [0.1, 0.15) is 11.6 Å². The van der Waals surface area contributed by atoms with Gasteiger partial charge in [-0.2, -0.15) is 5.10 Å². The summed E-state index contributed by atoms with van der Waals surface area (Å²) < 4.78 is 27.8. The van der Waals surface area contributed by atoms with E-state index in [0.29, 0.717) is 25.2 Å². The highest BCUT2D eigenvalue weighted by atomic mass is 19.1. The minimum Gasteiger partial charge on any atom is -0.323 e. The van der Waals surface area contributed by atoms with Crippen LogP contribution in [-0.2, 0) is 0 Å². The van der Waals surface area contributed by atoms with Gasteiger partial charge in [0, 0.05) is 25.1 Å². The number of benzene rings is 2. The first-order valence-corrected chi connectivity index (χ1v) is 8.79. The Balaban J connectivity index is 1.71. The summed E-state index contributed by atoms with van der Waals surface area (Å²) in [5.74, 6) is -1.06. The van der Waals surface area contributed by atoms with Gasteiger partial charge in [0.05, 0.1) is 11.8 Å². The Bertz CT molecular complexity index is 847. The maximum Gasteiger partial charge on any atom is 0.341 e. The first kappa shape index (κ1) is 16.7. The van der Waals surface area contributed by atoms with Crippen LogP contribution in [0.1, 0.15) is 36.4 Å². The number of urea groups is 1. The fourth-order valence-electron chi connectivity index (χ4n) is 3.56. The zero-order valence-corrected chi connectivity index (χ0v) is 14.2. The van der Waals surface area contributed by atoms with Gasteiger partial charge in [-0.05, 0) is 36.6 Å². The number of halogens is 2. The van der Waals surface area contributed by atoms with E-state index in [9.17, 15) is 13.6 Å². The summed E-state index contributed by atoms with van der Waals surface area (Å²) in [6.07, 6.45) is 2.30. The van der Waals surface area contributed by atoms with E-state index in [-0.39, 0.29) is 17.6 Å². The number of amides is 2. The molecular formula is C20H19F2N3O. The summed E-state index contributed by atoms with van der Waals surface area (Å²) in [4.78, 5) is 14.7. The lowest BCUT2D eigenvalue weighted by Gasteiger charge is -2.26. The molecule has 0 radical (unpaired) electrons. The maximum absolute atomic E-state index is 14.2. The summed E-state index contributed by atoms with van der Waals surface area (Å²) >= 11 is 0. The highest BCUT2D eigenvalue weighted by molar-refractivity contribution is 6.03. The summed E-state index contributed by atoms with van der Waals surface area (Å²) in [5.41, 5.74) is 1.43. The minimum absolute atomic E-state index is 0.114. The average Bonchev–Trinajstić information content (AvgIpc) is 3.34. The lowest BCUT2D eigenvalue weighted by atomic mass is 9.98. The van der Waals surface area contributed by atoms with Gasteiger partial charge in [-0.15, -0.1) is 0 Å².